The van der Waals surface area contributed by atoms with Crippen molar-refractivity contribution < 1.29 is 28.6 Å². The Labute approximate surface area is 167 Å². The molecule has 29 heavy (non-hydrogen) atoms. The number of benzene rings is 1. The van der Waals surface area contributed by atoms with Gasteiger partial charge in [-0.2, -0.15) is 0 Å². The van der Waals surface area contributed by atoms with E-state index in [1.807, 2.05) is 12.1 Å². The Kier molecular flexibility index (Phi) is 3.60. The predicted octanol–water partition coefficient (Wildman–Crippen LogP) is 1.20. The van der Waals surface area contributed by atoms with Crippen LogP contribution >= 0.6 is 0 Å². The zero-order chi connectivity index (χ0) is 20.6. The van der Waals surface area contributed by atoms with Crippen molar-refractivity contribution in [1.82, 2.24) is 5.01 Å². The van der Waals surface area contributed by atoms with Gasteiger partial charge in [0, 0.05) is 11.8 Å². The Morgan fingerprint density at radius 3 is 2.21 bits per heavy atom. The molecule has 3 aliphatic carbocycles. The summed E-state index contributed by atoms with van der Waals surface area (Å²) in [6, 6.07) is 8.08. The first kappa shape index (κ1) is 18.1. The number of esters is 3. The van der Waals surface area contributed by atoms with Crippen LogP contribution in [0.3, 0.4) is 0 Å². The van der Waals surface area contributed by atoms with Gasteiger partial charge >= 0.3 is 17.9 Å². The third kappa shape index (κ3) is 1.75. The van der Waals surface area contributed by atoms with Gasteiger partial charge in [-0.05, 0) is 29.4 Å². The van der Waals surface area contributed by atoms with Gasteiger partial charge < -0.3 is 14.2 Å². The van der Waals surface area contributed by atoms with Crippen LogP contribution in [-0.4, -0.2) is 61.9 Å². The second-order valence-corrected chi connectivity index (χ2v) is 7.97. The first-order valence-corrected chi connectivity index (χ1v) is 9.52. The summed E-state index contributed by atoms with van der Waals surface area (Å²) in [7, 11) is 3.79. The van der Waals surface area contributed by atoms with E-state index in [1.54, 1.807) is 0 Å². The molecule has 0 aromatic heterocycles. The third-order valence-corrected chi connectivity index (χ3v) is 7.32. The second-order valence-electron chi connectivity index (χ2n) is 7.97. The average molecular weight is 399 g/mol. The summed E-state index contributed by atoms with van der Waals surface area (Å²) < 4.78 is 15.1. The second kappa shape index (κ2) is 5.77. The molecular weight excluding hydrogens is 378 g/mol. The largest absolute Gasteiger partial charge is 0.468 e. The molecule has 0 spiro atoms. The minimum absolute atomic E-state index is 0.0433. The highest BCUT2D eigenvalue weighted by molar-refractivity contribution is 6.00. The van der Waals surface area contributed by atoms with Crippen LogP contribution in [0.5, 0.6) is 0 Å². The van der Waals surface area contributed by atoms with Crippen LogP contribution in [-0.2, 0) is 28.6 Å². The molecule has 4 aliphatic rings. The predicted molar refractivity (Wildman–Crippen MR) is 96.6 cm³/mol. The van der Waals surface area contributed by atoms with Gasteiger partial charge in [0.1, 0.15) is 6.54 Å². The van der Waals surface area contributed by atoms with Gasteiger partial charge in [0.15, 0.2) is 5.54 Å². The Hall–Kier alpha value is -2.97. The first-order chi connectivity index (χ1) is 14.0. The number of carbonyl (C=O) groups excluding carboxylic acids is 3. The van der Waals surface area contributed by atoms with Gasteiger partial charge in [-0.3, -0.25) is 4.79 Å². The zero-order valence-corrected chi connectivity index (χ0v) is 16.3. The average Bonchev–Trinajstić information content (AvgIpc) is 3.36. The molecule has 1 heterocycles. The van der Waals surface area contributed by atoms with E-state index < -0.39 is 29.0 Å². The molecule has 2 bridgehead atoms. The molecule has 6 atom stereocenters. The lowest BCUT2D eigenvalue weighted by molar-refractivity contribution is -0.206. The van der Waals surface area contributed by atoms with Crippen molar-refractivity contribution in [3.63, 3.8) is 0 Å². The van der Waals surface area contributed by atoms with E-state index in [0.29, 0.717) is 0 Å². The summed E-state index contributed by atoms with van der Waals surface area (Å²) in [6.45, 7) is -0.309. The van der Waals surface area contributed by atoms with Gasteiger partial charge in [0.2, 0.25) is 5.54 Å². The molecule has 0 radical (unpaired) electrons. The lowest BCUT2D eigenvalue weighted by Crippen LogP contribution is -2.84. The molecule has 0 amide bonds. The topological polar surface area (TPSA) is 107 Å². The minimum atomic E-state index is -1.54. The molecule has 9 nitrogen and oxygen atoms in total. The SMILES string of the molecule is COC(=O)CN1N=NC2(C(=O)OC)C3C4CC(c5ccccc54)C3C12C(=O)OC. The Morgan fingerprint density at radius 2 is 1.62 bits per heavy atom. The van der Waals surface area contributed by atoms with E-state index in [2.05, 4.69) is 22.5 Å². The number of nitrogens with zero attached hydrogens (tertiary/aromatic N) is 3. The monoisotopic (exact) mass is 399 g/mol. The standard InChI is InChI=1S/C20H21N3O6/c1-27-14(24)9-23-20(18(26)29-3)16-13-8-12(10-6-4-5-7-11(10)13)15(16)19(20,21-22-23)17(25)28-2/h4-7,12-13,15-16H,8-9H2,1-3H3. The maximum absolute atomic E-state index is 13.3. The smallest absolute Gasteiger partial charge is 0.339 e. The normalized spacial score (nSPS) is 37.3. The van der Waals surface area contributed by atoms with Crippen molar-refractivity contribution in [2.45, 2.75) is 29.3 Å². The summed E-state index contributed by atoms with van der Waals surface area (Å²) in [5.74, 6) is -2.26. The number of ether oxygens (including phenoxy) is 3. The van der Waals surface area contributed by atoms with Crippen LogP contribution in [0.4, 0.5) is 0 Å². The number of methoxy groups -OCH3 is 3. The van der Waals surface area contributed by atoms with Crippen molar-refractivity contribution in [2.24, 2.45) is 22.2 Å². The molecule has 0 saturated heterocycles. The van der Waals surface area contributed by atoms with E-state index >= 15 is 0 Å². The first-order valence-electron chi connectivity index (χ1n) is 9.52. The molecule has 2 saturated carbocycles. The number of rotatable bonds is 4. The summed E-state index contributed by atoms with van der Waals surface area (Å²) in [6.07, 6.45) is 0.813. The van der Waals surface area contributed by atoms with E-state index in [4.69, 9.17) is 14.2 Å². The number of fused-ring (bicyclic) bond motifs is 11. The molecule has 1 aliphatic heterocycles. The summed E-state index contributed by atoms with van der Waals surface area (Å²) in [4.78, 5) is 38.5. The fourth-order valence-electron chi connectivity index (χ4n) is 6.50. The van der Waals surface area contributed by atoms with E-state index in [-0.39, 0.29) is 30.2 Å². The molecular formula is C20H21N3O6. The van der Waals surface area contributed by atoms with Crippen molar-refractivity contribution in [3.05, 3.63) is 35.4 Å². The van der Waals surface area contributed by atoms with Crippen molar-refractivity contribution in [3.8, 4) is 0 Å². The van der Waals surface area contributed by atoms with Crippen LogP contribution in [0.25, 0.3) is 0 Å². The molecule has 1 aromatic carbocycles. The van der Waals surface area contributed by atoms with E-state index in [9.17, 15) is 14.4 Å². The van der Waals surface area contributed by atoms with Crippen LogP contribution < -0.4 is 0 Å². The molecule has 2 fully saturated rings. The van der Waals surface area contributed by atoms with Crippen LogP contribution in [0.15, 0.2) is 34.6 Å². The third-order valence-electron chi connectivity index (χ3n) is 7.32. The van der Waals surface area contributed by atoms with Crippen molar-refractivity contribution in [1.29, 1.82) is 0 Å². The maximum Gasteiger partial charge on any atom is 0.339 e. The van der Waals surface area contributed by atoms with Gasteiger partial charge in [-0.1, -0.05) is 29.5 Å². The van der Waals surface area contributed by atoms with E-state index in [1.165, 1.54) is 37.5 Å². The Bertz CT molecular complexity index is 963. The number of hydrogen-bond donors (Lipinski definition) is 0. The van der Waals surface area contributed by atoms with Gasteiger partial charge in [0.05, 0.1) is 21.3 Å². The van der Waals surface area contributed by atoms with Crippen LogP contribution in [0, 0.1) is 11.8 Å². The maximum atomic E-state index is 13.3. The lowest BCUT2D eigenvalue weighted by Gasteiger charge is -2.62. The fraction of sp³-hybridized carbons (Fsp3) is 0.550. The Morgan fingerprint density at radius 1 is 1.00 bits per heavy atom. The molecule has 6 unspecified atom stereocenters. The fourth-order valence-corrected chi connectivity index (χ4v) is 6.50. The summed E-state index contributed by atoms with van der Waals surface area (Å²) >= 11 is 0. The molecule has 5 rings (SSSR count). The molecule has 152 valence electrons. The van der Waals surface area contributed by atoms with E-state index in [0.717, 1.165) is 6.42 Å². The van der Waals surface area contributed by atoms with Crippen LogP contribution in [0.1, 0.15) is 29.4 Å². The number of carbonyl (C=O) groups is 3. The zero-order valence-electron chi connectivity index (χ0n) is 16.3. The van der Waals surface area contributed by atoms with Gasteiger partial charge in [-0.15, -0.1) is 5.11 Å². The van der Waals surface area contributed by atoms with Gasteiger partial charge in [-0.25, -0.2) is 14.6 Å². The molecule has 1 aromatic rings. The summed E-state index contributed by atoms with van der Waals surface area (Å²) in [5.41, 5.74) is -0.714. The van der Waals surface area contributed by atoms with Gasteiger partial charge in [0.25, 0.3) is 0 Å². The highest BCUT2D eigenvalue weighted by Gasteiger charge is 2.91. The molecule has 9 heteroatoms. The highest BCUT2D eigenvalue weighted by Crippen LogP contribution is 2.77. The summed E-state index contributed by atoms with van der Waals surface area (Å²) in [5, 5.41) is 9.73. The van der Waals surface area contributed by atoms with Crippen LogP contribution in [0.2, 0.25) is 0 Å². The quantitative estimate of drug-likeness (QED) is 0.425. The van der Waals surface area contributed by atoms with Crippen molar-refractivity contribution >= 4 is 17.9 Å². The Balaban J connectivity index is 1.71. The number of hydrogen-bond acceptors (Lipinski definition) is 9. The van der Waals surface area contributed by atoms with Crippen molar-refractivity contribution in [2.75, 3.05) is 27.9 Å². The minimum Gasteiger partial charge on any atom is -0.468 e. The molecule has 0 N–H and O–H groups in total. The highest BCUT2D eigenvalue weighted by atomic mass is 16.5. The lowest BCUT2D eigenvalue weighted by atomic mass is 9.42.